The number of ether oxygens (including phenoxy) is 1. The van der Waals surface area contributed by atoms with Gasteiger partial charge in [-0.2, -0.15) is 0 Å². The molecule has 0 aromatic carbocycles. The van der Waals surface area contributed by atoms with E-state index in [1.165, 1.54) is 0 Å². The number of carbonyl (C=O) groups excluding carboxylic acids is 1. The summed E-state index contributed by atoms with van der Waals surface area (Å²) < 4.78 is 6.81. The van der Waals surface area contributed by atoms with Crippen LogP contribution in [0.2, 0.25) is 0 Å². The van der Waals surface area contributed by atoms with Gasteiger partial charge < -0.3 is 15.0 Å². The van der Waals surface area contributed by atoms with Gasteiger partial charge in [-0.15, -0.1) is 0 Å². The summed E-state index contributed by atoms with van der Waals surface area (Å²) in [5.41, 5.74) is 7.02. The Morgan fingerprint density at radius 2 is 2.17 bits per heavy atom. The number of hydrogen-bond donors (Lipinski definition) is 1. The number of nitrogens with zero attached hydrogens (tertiary/aromatic N) is 2. The molecular weight excluding hydrogens is 230 g/mol. The number of aromatic nitrogens is 2. The van der Waals surface area contributed by atoms with Gasteiger partial charge in [0.05, 0.1) is 18.6 Å². The first kappa shape index (κ1) is 14.7. The quantitative estimate of drug-likeness (QED) is 0.788. The van der Waals surface area contributed by atoms with Gasteiger partial charge in [-0.25, -0.2) is 9.78 Å². The second-order valence-electron chi connectivity index (χ2n) is 4.89. The summed E-state index contributed by atoms with van der Waals surface area (Å²) >= 11 is 0. The lowest BCUT2D eigenvalue weighted by molar-refractivity contribution is -0.146. The molecule has 1 aromatic rings. The van der Waals surface area contributed by atoms with Crippen LogP contribution in [0.15, 0.2) is 12.5 Å². The van der Waals surface area contributed by atoms with E-state index in [0.29, 0.717) is 12.5 Å². The predicted molar refractivity (Wildman–Crippen MR) is 70.0 cm³/mol. The van der Waals surface area contributed by atoms with Crippen molar-refractivity contribution in [1.82, 2.24) is 9.55 Å². The fourth-order valence-electron chi connectivity index (χ4n) is 1.93. The molecular formula is C13H23N3O2. The van der Waals surface area contributed by atoms with Gasteiger partial charge in [-0.1, -0.05) is 13.8 Å². The first-order chi connectivity index (χ1) is 8.47. The lowest BCUT2D eigenvalue weighted by Crippen LogP contribution is -2.24. The van der Waals surface area contributed by atoms with Crippen molar-refractivity contribution in [2.24, 2.45) is 11.7 Å². The van der Waals surface area contributed by atoms with Gasteiger partial charge in [0.2, 0.25) is 0 Å². The van der Waals surface area contributed by atoms with Crippen molar-refractivity contribution in [3.8, 4) is 0 Å². The van der Waals surface area contributed by atoms with Crippen molar-refractivity contribution in [1.29, 1.82) is 0 Å². The van der Waals surface area contributed by atoms with E-state index < -0.39 is 0 Å². The molecule has 1 rings (SSSR count). The van der Waals surface area contributed by atoms with Crippen LogP contribution in [-0.2, 0) is 9.53 Å². The van der Waals surface area contributed by atoms with Crippen molar-refractivity contribution in [2.45, 2.75) is 46.2 Å². The monoisotopic (exact) mass is 253 g/mol. The maximum Gasteiger partial charge on any atom is 0.328 e. The summed E-state index contributed by atoms with van der Waals surface area (Å²) in [6.45, 7) is 8.21. The Morgan fingerprint density at radius 1 is 1.50 bits per heavy atom. The van der Waals surface area contributed by atoms with E-state index in [0.717, 1.165) is 12.1 Å². The zero-order chi connectivity index (χ0) is 13.7. The lowest BCUT2D eigenvalue weighted by Gasteiger charge is -2.20. The highest BCUT2D eigenvalue weighted by Gasteiger charge is 2.21. The Balaban J connectivity index is 2.84. The molecule has 2 atom stereocenters. The number of esters is 1. The average molecular weight is 253 g/mol. The molecule has 0 bridgehead atoms. The number of nitrogens with two attached hydrogens (primary N) is 1. The fourth-order valence-corrected chi connectivity index (χ4v) is 1.93. The third-order valence-electron chi connectivity index (χ3n) is 2.85. The van der Waals surface area contributed by atoms with Gasteiger partial charge in [0.15, 0.2) is 0 Å². The number of hydrogen-bond acceptors (Lipinski definition) is 4. The second-order valence-corrected chi connectivity index (χ2v) is 4.89. The minimum atomic E-state index is -0.388. The van der Waals surface area contributed by atoms with E-state index in [2.05, 4.69) is 18.8 Å². The molecule has 0 aliphatic rings. The Kier molecular flexibility index (Phi) is 5.34. The molecule has 5 heteroatoms. The third kappa shape index (κ3) is 3.57. The molecule has 0 aliphatic heterocycles. The van der Waals surface area contributed by atoms with Crippen LogP contribution in [0.4, 0.5) is 0 Å². The van der Waals surface area contributed by atoms with Crippen LogP contribution in [0.25, 0.3) is 0 Å². The molecule has 2 unspecified atom stereocenters. The highest BCUT2D eigenvalue weighted by Crippen LogP contribution is 2.21. The normalized spacial score (nSPS) is 14.6. The van der Waals surface area contributed by atoms with E-state index in [1.807, 2.05) is 0 Å². The summed E-state index contributed by atoms with van der Waals surface area (Å²) in [5, 5.41) is 0. The lowest BCUT2D eigenvalue weighted by atomic mass is 10.0. The van der Waals surface area contributed by atoms with Gasteiger partial charge in [0, 0.05) is 12.2 Å². The van der Waals surface area contributed by atoms with Crippen LogP contribution in [0.1, 0.15) is 51.9 Å². The van der Waals surface area contributed by atoms with Gasteiger partial charge in [0.25, 0.3) is 0 Å². The van der Waals surface area contributed by atoms with Crippen molar-refractivity contribution >= 4 is 5.97 Å². The molecule has 0 spiro atoms. The molecule has 0 aliphatic carbocycles. The standard InChI is InChI=1S/C13H23N3O2/c1-5-18-13(17)10(4)16-8-15-7-12(16)11(14)6-9(2)3/h7-11H,5-6,14H2,1-4H3. The Hall–Kier alpha value is -1.36. The first-order valence-corrected chi connectivity index (χ1v) is 6.41. The molecule has 0 saturated heterocycles. The zero-order valence-electron chi connectivity index (χ0n) is 11.6. The minimum absolute atomic E-state index is 0.107. The molecule has 2 N–H and O–H groups in total. The van der Waals surface area contributed by atoms with Crippen LogP contribution >= 0.6 is 0 Å². The summed E-state index contributed by atoms with van der Waals surface area (Å²) in [5.74, 6) is 0.245. The Bertz CT molecular complexity index is 387. The van der Waals surface area contributed by atoms with Crippen LogP contribution in [0, 0.1) is 5.92 Å². The summed E-state index contributed by atoms with van der Waals surface area (Å²) in [6, 6.07) is -0.495. The van der Waals surface area contributed by atoms with Crippen molar-refractivity contribution in [3.05, 3.63) is 18.2 Å². The van der Waals surface area contributed by atoms with E-state index >= 15 is 0 Å². The van der Waals surface area contributed by atoms with Crippen molar-refractivity contribution in [3.63, 3.8) is 0 Å². The molecule has 18 heavy (non-hydrogen) atoms. The van der Waals surface area contributed by atoms with Gasteiger partial charge in [-0.3, -0.25) is 0 Å². The van der Waals surface area contributed by atoms with Gasteiger partial charge in [-0.05, 0) is 26.2 Å². The topological polar surface area (TPSA) is 70.1 Å². The highest BCUT2D eigenvalue weighted by molar-refractivity contribution is 5.73. The molecule has 1 heterocycles. The Labute approximate surface area is 108 Å². The molecule has 5 nitrogen and oxygen atoms in total. The SMILES string of the molecule is CCOC(=O)C(C)n1cncc1C(N)CC(C)C. The maximum absolute atomic E-state index is 11.7. The van der Waals surface area contributed by atoms with Crippen LogP contribution in [-0.4, -0.2) is 22.1 Å². The van der Waals surface area contributed by atoms with E-state index in [9.17, 15) is 4.79 Å². The molecule has 0 fully saturated rings. The smallest absolute Gasteiger partial charge is 0.328 e. The first-order valence-electron chi connectivity index (χ1n) is 6.41. The van der Waals surface area contributed by atoms with E-state index in [4.69, 9.17) is 10.5 Å². The predicted octanol–water partition coefficient (Wildman–Crippen LogP) is 2.05. The number of rotatable bonds is 6. The van der Waals surface area contributed by atoms with Crippen molar-refractivity contribution in [2.75, 3.05) is 6.61 Å². The second kappa shape index (κ2) is 6.54. The summed E-state index contributed by atoms with van der Waals surface area (Å²) in [7, 11) is 0. The fraction of sp³-hybridized carbons (Fsp3) is 0.692. The van der Waals surface area contributed by atoms with Crippen LogP contribution < -0.4 is 5.73 Å². The summed E-state index contributed by atoms with van der Waals surface area (Å²) in [6.07, 6.45) is 4.22. The highest BCUT2D eigenvalue weighted by atomic mass is 16.5. The molecule has 0 amide bonds. The van der Waals surface area contributed by atoms with Gasteiger partial charge >= 0.3 is 5.97 Å². The van der Waals surface area contributed by atoms with Gasteiger partial charge in [0.1, 0.15) is 6.04 Å². The molecule has 102 valence electrons. The Morgan fingerprint density at radius 3 is 2.72 bits per heavy atom. The molecule has 0 saturated carbocycles. The minimum Gasteiger partial charge on any atom is -0.464 e. The summed E-state index contributed by atoms with van der Waals surface area (Å²) in [4.78, 5) is 15.8. The number of carbonyl (C=O) groups is 1. The average Bonchev–Trinajstić information content (AvgIpc) is 2.76. The van der Waals surface area contributed by atoms with E-state index in [1.54, 1.807) is 30.9 Å². The largest absolute Gasteiger partial charge is 0.464 e. The zero-order valence-corrected chi connectivity index (χ0v) is 11.6. The van der Waals surface area contributed by atoms with E-state index in [-0.39, 0.29) is 18.1 Å². The maximum atomic E-state index is 11.7. The third-order valence-corrected chi connectivity index (χ3v) is 2.85. The van der Waals surface area contributed by atoms with Crippen LogP contribution in [0.3, 0.4) is 0 Å². The molecule has 0 radical (unpaired) electrons. The number of imidazole rings is 1. The molecule has 1 aromatic heterocycles. The van der Waals surface area contributed by atoms with Crippen molar-refractivity contribution < 1.29 is 9.53 Å². The van der Waals surface area contributed by atoms with Crippen LogP contribution in [0.5, 0.6) is 0 Å².